The van der Waals surface area contributed by atoms with E-state index in [-0.39, 0.29) is 0 Å². The lowest BCUT2D eigenvalue weighted by Gasteiger charge is -2.05. The van der Waals surface area contributed by atoms with Crippen molar-refractivity contribution in [1.29, 1.82) is 0 Å². The van der Waals surface area contributed by atoms with Crippen molar-refractivity contribution < 1.29 is 14.1 Å². The van der Waals surface area contributed by atoms with Crippen molar-refractivity contribution in [3.8, 4) is 17.1 Å². The summed E-state index contributed by atoms with van der Waals surface area (Å²) >= 11 is 6.00. The zero-order chi connectivity index (χ0) is 17.9. The minimum absolute atomic E-state index is 0.683. The molecule has 2 aromatic carbocycles. The van der Waals surface area contributed by atoms with Gasteiger partial charge in [0.15, 0.2) is 5.36 Å². The maximum Gasteiger partial charge on any atom is 0.321 e. The largest absolute Gasteiger partial charge is 0.497 e. The van der Waals surface area contributed by atoms with Crippen molar-refractivity contribution in [1.82, 2.24) is 0 Å². The fourth-order valence-electron chi connectivity index (χ4n) is 2.71. The molecule has 0 atom stereocenters. The number of methoxy groups -OCH3 is 1. The lowest BCUT2D eigenvalue weighted by atomic mass is 10.1. The third-order valence-electron chi connectivity index (χ3n) is 4.01. The van der Waals surface area contributed by atoms with Gasteiger partial charge in [0.1, 0.15) is 17.1 Å². The predicted octanol–water partition coefficient (Wildman–Crippen LogP) is 4.81. The number of pyridine rings is 1. The minimum Gasteiger partial charge on any atom is -0.497 e. The summed E-state index contributed by atoms with van der Waals surface area (Å²) in [4.78, 5) is 7.88. The van der Waals surface area contributed by atoms with Gasteiger partial charge in [-0.25, -0.2) is 4.98 Å². The second-order valence-electron chi connectivity index (χ2n) is 5.72. The van der Waals surface area contributed by atoms with Crippen LogP contribution in [0.15, 0.2) is 82.3 Å². The highest BCUT2D eigenvalue weighted by atomic mass is 35.5. The van der Waals surface area contributed by atoms with Crippen LogP contribution in [-0.4, -0.2) is 7.11 Å². The van der Waals surface area contributed by atoms with E-state index in [1.54, 1.807) is 7.11 Å². The number of hydrogen-bond donors (Lipinski definition) is 0. The Hall–Kier alpha value is -3.11. The fourth-order valence-corrected chi connectivity index (χ4v) is 2.83. The van der Waals surface area contributed by atoms with Crippen LogP contribution >= 0.6 is 11.6 Å². The molecular weight excluding hydrogens is 348 g/mol. The second kappa shape index (κ2) is 7.02. The van der Waals surface area contributed by atoms with Gasteiger partial charge in [-0.2, -0.15) is 0 Å². The summed E-state index contributed by atoms with van der Waals surface area (Å²) in [6, 6.07) is 20.9. The summed E-state index contributed by atoms with van der Waals surface area (Å²) in [6.45, 7) is 0. The van der Waals surface area contributed by atoms with E-state index in [0.29, 0.717) is 10.8 Å². The zero-order valence-corrected chi connectivity index (χ0v) is 14.8. The molecule has 0 aliphatic heterocycles. The molecule has 5 heteroatoms. The average molecular weight is 364 g/mol. The highest BCUT2D eigenvalue weighted by Gasteiger charge is 2.11. The van der Waals surface area contributed by atoms with Gasteiger partial charge in [-0.3, -0.25) is 0 Å². The molecule has 2 aromatic heterocycles. The normalized spacial score (nSPS) is 11.7. The summed E-state index contributed by atoms with van der Waals surface area (Å²) in [5.41, 5.74) is 1.66. The number of ether oxygens (including phenoxy) is 1. The van der Waals surface area contributed by atoms with Crippen LogP contribution in [0.4, 0.5) is 5.82 Å². The van der Waals surface area contributed by atoms with Crippen molar-refractivity contribution in [2.24, 2.45) is 4.99 Å². The van der Waals surface area contributed by atoms with Crippen LogP contribution in [-0.2, 0) is 0 Å². The van der Waals surface area contributed by atoms with Crippen molar-refractivity contribution in [2.45, 2.75) is 0 Å². The third kappa shape index (κ3) is 3.32. The van der Waals surface area contributed by atoms with Gasteiger partial charge in [0.25, 0.3) is 0 Å². The summed E-state index contributed by atoms with van der Waals surface area (Å²) in [5.74, 6) is 2.22. The molecule has 4 aromatic rings. The summed E-state index contributed by atoms with van der Waals surface area (Å²) in [6.07, 6.45) is 1.84. The summed E-state index contributed by atoms with van der Waals surface area (Å²) in [7, 11) is 1.64. The first-order valence-electron chi connectivity index (χ1n) is 8.12. The number of hydrogen-bond acceptors (Lipinski definition) is 3. The smallest absolute Gasteiger partial charge is 0.321 e. The van der Waals surface area contributed by atoms with Crippen LogP contribution in [0.1, 0.15) is 0 Å². The van der Waals surface area contributed by atoms with Gasteiger partial charge >= 0.3 is 5.82 Å². The molecule has 2 heterocycles. The number of H-pyrrole nitrogens is 1. The maximum atomic E-state index is 6.10. The molecule has 0 fully saturated rings. The van der Waals surface area contributed by atoms with Crippen LogP contribution in [0.3, 0.4) is 0 Å². The molecule has 4 nitrogen and oxygen atoms in total. The molecular formula is C21H16ClN2O2+. The first-order valence-corrected chi connectivity index (χ1v) is 8.50. The highest BCUT2D eigenvalue weighted by molar-refractivity contribution is 6.30. The number of aromatic nitrogens is 1. The molecule has 0 amide bonds. The van der Waals surface area contributed by atoms with E-state index in [0.717, 1.165) is 33.5 Å². The Morgan fingerprint density at radius 2 is 1.85 bits per heavy atom. The molecule has 26 heavy (non-hydrogen) atoms. The number of nitrogens with zero attached hydrogens (tertiary/aromatic N) is 1. The third-order valence-corrected chi connectivity index (χ3v) is 4.26. The summed E-state index contributed by atoms with van der Waals surface area (Å²) in [5, 5.41) is 2.35. The number of fused-ring (bicyclic) bond motifs is 1. The number of halogens is 1. The van der Waals surface area contributed by atoms with E-state index in [1.165, 1.54) is 0 Å². The Morgan fingerprint density at radius 1 is 1.00 bits per heavy atom. The van der Waals surface area contributed by atoms with Crippen molar-refractivity contribution >= 4 is 28.4 Å². The van der Waals surface area contributed by atoms with Gasteiger partial charge in [-0.05, 0) is 53.5 Å². The van der Waals surface area contributed by atoms with Gasteiger partial charge < -0.3 is 9.15 Å². The quantitative estimate of drug-likeness (QED) is 0.524. The molecule has 0 radical (unpaired) electrons. The maximum absolute atomic E-state index is 6.10. The molecule has 0 aliphatic rings. The molecule has 4 rings (SSSR count). The van der Waals surface area contributed by atoms with E-state index >= 15 is 0 Å². The van der Waals surface area contributed by atoms with Crippen LogP contribution in [0, 0.1) is 0 Å². The molecule has 0 aliphatic carbocycles. The number of nitrogens with one attached hydrogen (secondary N) is 1. The fraction of sp³-hybridized carbons (Fsp3) is 0.0476. The molecule has 128 valence electrons. The second-order valence-corrected chi connectivity index (χ2v) is 6.16. The van der Waals surface area contributed by atoms with Gasteiger partial charge in [0.2, 0.25) is 0 Å². The Balaban J connectivity index is 1.99. The van der Waals surface area contributed by atoms with E-state index in [4.69, 9.17) is 25.7 Å². The van der Waals surface area contributed by atoms with E-state index in [9.17, 15) is 0 Å². The Bertz CT molecular complexity index is 1120. The first-order chi connectivity index (χ1) is 12.7. The number of rotatable bonds is 3. The SMILES string of the molecule is COc1ccc2oc(-c3ccc(Cl)cc3)cc(=Nc3cccc[nH+]3)c2c1. The lowest BCUT2D eigenvalue weighted by Crippen LogP contribution is -2.07. The molecule has 1 N–H and O–H groups in total. The van der Waals surface area contributed by atoms with Crippen molar-refractivity contribution in [2.75, 3.05) is 7.11 Å². The Kier molecular flexibility index (Phi) is 4.42. The molecule has 0 unspecified atom stereocenters. The highest BCUT2D eigenvalue weighted by Crippen LogP contribution is 2.26. The number of benzene rings is 2. The number of aromatic amines is 1. The van der Waals surface area contributed by atoms with Crippen molar-refractivity contribution in [3.05, 3.63) is 83.3 Å². The van der Waals surface area contributed by atoms with Crippen LogP contribution in [0.5, 0.6) is 5.75 Å². The molecule has 0 bridgehead atoms. The Labute approximate surface area is 155 Å². The summed E-state index contributed by atoms with van der Waals surface area (Å²) < 4.78 is 11.4. The monoisotopic (exact) mass is 363 g/mol. The van der Waals surface area contributed by atoms with Gasteiger partial charge in [0, 0.05) is 22.7 Å². The average Bonchev–Trinajstić information content (AvgIpc) is 2.69. The minimum atomic E-state index is 0.683. The van der Waals surface area contributed by atoms with E-state index in [2.05, 4.69) is 4.98 Å². The molecule has 0 saturated heterocycles. The van der Waals surface area contributed by atoms with Gasteiger partial charge in [-0.1, -0.05) is 17.7 Å². The standard InChI is InChI=1S/C21H15ClN2O2/c1-25-16-9-10-19-17(12-16)18(24-21-4-2-3-11-23-21)13-20(26-19)14-5-7-15(22)8-6-14/h2-13H,1H3/p+1. The first kappa shape index (κ1) is 16.4. The topological polar surface area (TPSA) is 48.9 Å². The lowest BCUT2D eigenvalue weighted by molar-refractivity contribution is -0.362. The molecule has 0 spiro atoms. The van der Waals surface area contributed by atoms with E-state index < -0.39 is 0 Å². The van der Waals surface area contributed by atoms with E-state index in [1.807, 2.05) is 72.9 Å². The van der Waals surface area contributed by atoms with Crippen LogP contribution < -0.4 is 15.1 Å². The Morgan fingerprint density at radius 3 is 2.58 bits per heavy atom. The van der Waals surface area contributed by atoms with Crippen LogP contribution in [0.2, 0.25) is 5.02 Å². The van der Waals surface area contributed by atoms with Gasteiger partial charge in [-0.15, -0.1) is 0 Å². The van der Waals surface area contributed by atoms with Crippen LogP contribution in [0.25, 0.3) is 22.3 Å². The predicted molar refractivity (Wildman–Crippen MR) is 101 cm³/mol. The van der Waals surface area contributed by atoms with Crippen molar-refractivity contribution in [3.63, 3.8) is 0 Å². The van der Waals surface area contributed by atoms with Gasteiger partial charge in [0.05, 0.1) is 18.7 Å². The molecule has 0 saturated carbocycles. The zero-order valence-electron chi connectivity index (χ0n) is 14.1.